The maximum absolute atomic E-state index is 5.56. The Bertz CT molecular complexity index is 103. The van der Waals surface area contributed by atoms with Crippen molar-refractivity contribution in [3.05, 3.63) is 0 Å². The van der Waals surface area contributed by atoms with Gasteiger partial charge in [0.2, 0.25) is 0 Å². The van der Waals surface area contributed by atoms with E-state index in [2.05, 4.69) is 13.8 Å². The van der Waals surface area contributed by atoms with Crippen LogP contribution in [0.3, 0.4) is 0 Å². The Hall–Kier alpha value is -0.0800. The summed E-state index contributed by atoms with van der Waals surface area (Å²) >= 11 is 0. The standard InChI is InChI=1S/C8H16O2/c1-6-4-5-8(9-3)7(2)10-6/h6-8H,4-5H2,1-3H3/t6?,7-,8?/m0/s1. The summed E-state index contributed by atoms with van der Waals surface area (Å²) in [5.41, 5.74) is 0. The molecule has 0 aromatic rings. The van der Waals surface area contributed by atoms with Crippen LogP contribution in [0.5, 0.6) is 0 Å². The number of hydrogen-bond acceptors (Lipinski definition) is 2. The van der Waals surface area contributed by atoms with Crippen LogP contribution in [0.2, 0.25) is 0 Å². The third kappa shape index (κ3) is 1.70. The fourth-order valence-electron chi connectivity index (χ4n) is 1.47. The molecule has 0 aromatic carbocycles. The van der Waals surface area contributed by atoms with Crippen molar-refractivity contribution in [3.63, 3.8) is 0 Å². The lowest BCUT2D eigenvalue weighted by atomic mass is 10.0. The van der Waals surface area contributed by atoms with Crippen molar-refractivity contribution in [2.24, 2.45) is 0 Å². The molecule has 2 unspecified atom stereocenters. The SMILES string of the molecule is COC1CCC(C)O[C@H]1C. The molecule has 0 aromatic heterocycles. The third-order valence-corrected chi connectivity index (χ3v) is 2.13. The van der Waals surface area contributed by atoms with E-state index in [9.17, 15) is 0 Å². The number of methoxy groups -OCH3 is 1. The first-order valence-electron chi connectivity index (χ1n) is 3.92. The van der Waals surface area contributed by atoms with Crippen LogP contribution in [0.1, 0.15) is 26.7 Å². The quantitative estimate of drug-likeness (QED) is 0.556. The van der Waals surface area contributed by atoms with Crippen LogP contribution in [0.15, 0.2) is 0 Å². The Balaban J connectivity index is 2.36. The Kier molecular flexibility index (Phi) is 2.69. The van der Waals surface area contributed by atoms with Crippen molar-refractivity contribution >= 4 is 0 Å². The van der Waals surface area contributed by atoms with E-state index in [1.54, 1.807) is 7.11 Å². The Morgan fingerprint density at radius 3 is 2.50 bits per heavy atom. The van der Waals surface area contributed by atoms with E-state index in [0.29, 0.717) is 12.2 Å². The van der Waals surface area contributed by atoms with Crippen LogP contribution in [0.25, 0.3) is 0 Å². The summed E-state index contributed by atoms with van der Waals surface area (Å²) in [5.74, 6) is 0. The second-order valence-corrected chi connectivity index (χ2v) is 3.00. The summed E-state index contributed by atoms with van der Waals surface area (Å²) in [6.45, 7) is 4.19. The molecular weight excluding hydrogens is 128 g/mol. The van der Waals surface area contributed by atoms with Gasteiger partial charge in [-0.25, -0.2) is 0 Å². The molecule has 10 heavy (non-hydrogen) atoms. The molecule has 1 fully saturated rings. The van der Waals surface area contributed by atoms with Crippen LogP contribution < -0.4 is 0 Å². The minimum absolute atomic E-state index is 0.272. The van der Waals surface area contributed by atoms with E-state index in [4.69, 9.17) is 9.47 Å². The van der Waals surface area contributed by atoms with E-state index < -0.39 is 0 Å². The largest absolute Gasteiger partial charge is 0.379 e. The number of ether oxygens (including phenoxy) is 2. The van der Waals surface area contributed by atoms with Gasteiger partial charge in [-0.15, -0.1) is 0 Å². The summed E-state index contributed by atoms with van der Waals surface area (Å²) in [6.07, 6.45) is 3.27. The van der Waals surface area contributed by atoms with Gasteiger partial charge in [-0.05, 0) is 26.7 Å². The first kappa shape index (κ1) is 8.02. The molecular formula is C8H16O2. The van der Waals surface area contributed by atoms with Crippen LogP contribution in [0, 0.1) is 0 Å². The zero-order valence-corrected chi connectivity index (χ0v) is 6.96. The van der Waals surface area contributed by atoms with Gasteiger partial charge >= 0.3 is 0 Å². The van der Waals surface area contributed by atoms with E-state index in [0.717, 1.165) is 12.8 Å². The molecule has 0 N–H and O–H groups in total. The molecule has 60 valence electrons. The summed E-state index contributed by atoms with van der Waals surface area (Å²) < 4.78 is 10.8. The highest BCUT2D eigenvalue weighted by Gasteiger charge is 2.25. The van der Waals surface area contributed by atoms with Crippen molar-refractivity contribution < 1.29 is 9.47 Å². The summed E-state index contributed by atoms with van der Waals surface area (Å²) in [6, 6.07) is 0. The molecule has 0 spiro atoms. The van der Waals surface area contributed by atoms with Gasteiger partial charge < -0.3 is 9.47 Å². The fraction of sp³-hybridized carbons (Fsp3) is 1.00. The molecule has 0 saturated carbocycles. The van der Waals surface area contributed by atoms with E-state index >= 15 is 0 Å². The van der Waals surface area contributed by atoms with E-state index in [1.807, 2.05) is 0 Å². The van der Waals surface area contributed by atoms with Crippen molar-refractivity contribution in [2.75, 3.05) is 7.11 Å². The number of rotatable bonds is 1. The Labute approximate surface area is 62.5 Å². The minimum Gasteiger partial charge on any atom is -0.379 e. The molecule has 1 aliphatic heterocycles. The Morgan fingerprint density at radius 1 is 1.30 bits per heavy atom. The van der Waals surface area contributed by atoms with Crippen molar-refractivity contribution in [1.82, 2.24) is 0 Å². The molecule has 0 aliphatic carbocycles. The highest BCUT2D eigenvalue weighted by molar-refractivity contribution is 4.74. The highest BCUT2D eigenvalue weighted by Crippen LogP contribution is 2.20. The zero-order chi connectivity index (χ0) is 7.56. The second-order valence-electron chi connectivity index (χ2n) is 3.00. The minimum atomic E-state index is 0.272. The highest BCUT2D eigenvalue weighted by atomic mass is 16.5. The maximum atomic E-state index is 5.56. The summed E-state index contributed by atoms with van der Waals surface area (Å²) in [4.78, 5) is 0. The topological polar surface area (TPSA) is 18.5 Å². The van der Waals surface area contributed by atoms with Crippen LogP contribution in [-0.2, 0) is 9.47 Å². The van der Waals surface area contributed by atoms with Gasteiger partial charge in [0.25, 0.3) is 0 Å². The third-order valence-electron chi connectivity index (χ3n) is 2.13. The number of hydrogen-bond donors (Lipinski definition) is 0. The second kappa shape index (κ2) is 3.35. The van der Waals surface area contributed by atoms with E-state index in [1.165, 1.54) is 0 Å². The molecule has 1 aliphatic rings. The fourth-order valence-corrected chi connectivity index (χ4v) is 1.47. The van der Waals surface area contributed by atoms with Gasteiger partial charge in [0.1, 0.15) is 0 Å². The van der Waals surface area contributed by atoms with Crippen molar-refractivity contribution in [2.45, 2.75) is 45.0 Å². The zero-order valence-electron chi connectivity index (χ0n) is 6.96. The predicted molar refractivity (Wildman–Crippen MR) is 40.0 cm³/mol. The van der Waals surface area contributed by atoms with Gasteiger partial charge in [-0.3, -0.25) is 0 Å². The monoisotopic (exact) mass is 144 g/mol. The molecule has 2 nitrogen and oxygen atoms in total. The average Bonchev–Trinajstić information content (AvgIpc) is 1.88. The molecule has 0 radical (unpaired) electrons. The molecule has 2 heteroatoms. The predicted octanol–water partition coefficient (Wildman–Crippen LogP) is 1.59. The molecule has 1 saturated heterocycles. The summed E-state index contributed by atoms with van der Waals surface area (Å²) in [5, 5.41) is 0. The van der Waals surface area contributed by atoms with Crippen molar-refractivity contribution in [3.8, 4) is 0 Å². The molecule has 1 rings (SSSR count). The maximum Gasteiger partial charge on any atom is 0.0831 e. The van der Waals surface area contributed by atoms with Gasteiger partial charge in [-0.1, -0.05) is 0 Å². The lowest BCUT2D eigenvalue weighted by Gasteiger charge is -2.31. The normalized spacial score (nSPS) is 41.7. The average molecular weight is 144 g/mol. The van der Waals surface area contributed by atoms with Crippen LogP contribution in [0.4, 0.5) is 0 Å². The molecule has 1 heterocycles. The first-order chi connectivity index (χ1) is 4.74. The molecule has 0 amide bonds. The smallest absolute Gasteiger partial charge is 0.0831 e. The first-order valence-corrected chi connectivity index (χ1v) is 3.92. The lowest BCUT2D eigenvalue weighted by Crippen LogP contribution is -2.36. The molecule has 3 atom stereocenters. The van der Waals surface area contributed by atoms with Crippen LogP contribution in [-0.4, -0.2) is 25.4 Å². The van der Waals surface area contributed by atoms with E-state index in [-0.39, 0.29) is 6.10 Å². The summed E-state index contributed by atoms with van der Waals surface area (Å²) in [7, 11) is 1.75. The van der Waals surface area contributed by atoms with Gasteiger partial charge in [-0.2, -0.15) is 0 Å². The van der Waals surface area contributed by atoms with Gasteiger partial charge in [0.05, 0.1) is 18.3 Å². The van der Waals surface area contributed by atoms with Gasteiger partial charge in [0, 0.05) is 7.11 Å². The Morgan fingerprint density at radius 2 is 2.00 bits per heavy atom. The van der Waals surface area contributed by atoms with Crippen molar-refractivity contribution in [1.29, 1.82) is 0 Å². The molecule has 0 bridgehead atoms. The van der Waals surface area contributed by atoms with Crippen LogP contribution >= 0.6 is 0 Å². The lowest BCUT2D eigenvalue weighted by molar-refractivity contribution is -0.114. The van der Waals surface area contributed by atoms with Gasteiger partial charge in [0.15, 0.2) is 0 Å².